The normalized spacial score (nSPS) is 10.1. The molecule has 2 aromatic carbocycles. The lowest BCUT2D eigenvalue weighted by atomic mass is 10.2. The van der Waals surface area contributed by atoms with Gasteiger partial charge in [0.25, 0.3) is 0 Å². The van der Waals surface area contributed by atoms with Crippen molar-refractivity contribution in [1.29, 1.82) is 0 Å². The van der Waals surface area contributed by atoms with E-state index in [2.05, 4.69) is 10.9 Å². The molecular weight excluding hydrogens is 285 g/mol. The summed E-state index contributed by atoms with van der Waals surface area (Å²) in [6.07, 6.45) is 0. The largest absolute Gasteiger partial charge is 0.494 e. The van der Waals surface area contributed by atoms with E-state index in [0.29, 0.717) is 29.3 Å². The van der Waals surface area contributed by atoms with Crippen molar-refractivity contribution in [2.75, 3.05) is 25.1 Å². The SMILES string of the molecule is COc1cccc(OC)c1NNc1c(F)cc(F)cc1F. The van der Waals surface area contributed by atoms with Gasteiger partial charge in [0.05, 0.1) is 14.2 Å². The first kappa shape index (κ1) is 14.8. The average molecular weight is 298 g/mol. The van der Waals surface area contributed by atoms with E-state index in [4.69, 9.17) is 9.47 Å². The minimum Gasteiger partial charge on any atom is -0.494 e. The fourth-order valence-electron chi connectivity index (χ4n) is 1.76. The van der Waals surface area contributed by atoms with Crippen LogP contribution in [0.25, 0.3) is 0 Å². The van der Waals surface area contributed by atoms with Crippen LogP contribution in [0.1, 0.15) is 0 Å². The molecule has 0 atom stereocenters. The van der Waals surface area contributed by atoms with E-state index >= 15 is 0 Å². The van der Waals surface area contributed by atoms with Crippen molar-refractivity contribution in [3.8, 4) is 11.5 Å². The van der Waals surface area contributed by atoms with Gasteiger partial charge >= 0.3 is 0 Å². The van der Waals surface area contributed by atoms with Crippen molar-refractivity contribution in [2.45, 2.75) is 0 Å². The molecule has 21 heavy (non-hydrogen) atoms. The van der Waals surface area contributed by atoms with Gasteiger partial charge in [0.15, 0.2) is 11.6 Å². The van der Waals surface area contributed by atoms with Gasteiger partial charge in [-0.3, -0.25) is 10.9 Å². The molecule has 0 radical (unpaired) electrons. The molecule has 0 spiro atoms. The molecule has 7 heteroatoms. The van der Waals surface area contributed by atoms with Gasteiger partial charge in [0.1, 0.15) is 28.7 Å². The molecule has 0 aromatic heterocycles. The van der Waals surface area contributed by atoms with Gasteiger partial charge < -0.3 is 9.47 Å². The second kappa shape index (κ2) is 6.25. The second-order valence-electron chi connectivity index (χ2n) is 4.03. The Morgan fingerprint density at radius 1 is 0.810 bits per heavy atom. The summed E-state index contributed by atoms with van der Waals surface area (Å²) in [5, 5.41) is 0. The number of methoxy groups -OCH3 is 2. The van der Waals surface area contributed by atoms with Crippen LogP contribution in [0.4, 0.5) is 24.5 Å². The number of nitrogens with one attached hydrogen (secondary N) is 2. The molecule has 112 valence electrons. The molecule has 0 saturated heterocycles. The lowest BCUT2D eigenvalue weighted by Crippen LogP contribution is -2.13. The molecule has 2 aromatic rings. The Kier molecular flexibility index (Phi) is 4.42. The summed E-state index contributed by atoms with van der Waals surface area (Å²) in [6.45, 7) is 0. The fourth-order valence-corrected chi connectivity index (χ4v) is 1.76. The molecular formula is C14H13F3N2O2. The zero-order chi connectivity index (χ0) is 15.4. The molecule has 0 aliphatic carbocycles. The third-order valence-electron chi connectivity index (χ3n) is 2.75. The number of benzene rings is 2. The number of rotatable bonds is 5. The maximum absolute atomic E-state index is 13.5. The van der Waals surface area contributed by atoms with Gasteiger partial charge in [-0.2, -0.15) is 0 Å². The third-order valence-corrected chi connectivity index (χ3v) is 2.75. The van der Waals surface area contributed by atoms with Crippen molar-refractivity contribution >= 4 is 11.4 Å². The molecule has 4 nitrogen and oxygen atoms in total. The molecule has 0 heterocycles. The standard InChI is InChI=1S/C14H13F3N2O2/c1-20-11-4-3-5-12(21-2)14(11)19-18-13-9(16)6-8(15)7-10(13)17/h3-7,18-19H,1-2H3. The highest BCUT2D eigenvalue weighted by Crippen LogP contribution is 2.34. The zero-order valence-electron chi connectivity index (χ0n) is 11.3. The smallest absolute Gasteiger partial charge is 0.154 e. The minimum atomic E-state index is -1.06. The molecule has 0 fully saturated rings. The van der Waals surface area contributed by atoms with E-state index in [0.717, 1.165) is 0 Å². The van der Waals surface area contributed by atoms with E-state index in [1.165, 1.54) is 14.2 Å². The monoisotopic (exact) mass is 298 g/mol. The van der Waals surface area contributed by atoms with Crippen LogP contribution in [0.5, 0.6) is 11.5 Å². The first-order chi connectivity index (χ1) is 10.1. The van der Waals surface area contributed by atoms with Crippen LogP contribution in [0.3, 0.4) is 0 Å². The highest BCUT2D eigenvalue weighted by atomic mass is 19.1. The second-order valence-corrected chi connectivity index (χ2v) is 4.03. The summed E-state index contributed by atoms with van der Waals surface area (Å²) in [4.78, 5) is 0. The number of para-hydroxylation sites is 1. The third kappa shape index (κ3) is 3.13. The number of hydrogen-bond acceptors (Lipinski definition) is 4. The number of ether oxygens (including phenoxy) is 2. The lowest BCUT2D eigenvalue weighted by Gasteiger charge is -2.16. The van der Waals surface area contributed by atoms with E-state index < -0.39 is 23.1 Å². The van der Waals surface area contributed by atoms with Gasteiger partial charge in [0, 0.05) is 12.1 Å². The maximum atomic E-state index is 13.5. The Hall–Kier alpha value is -2.57. The molecule has 2 rings (SSSR count). The molecule has 2 N–H and O–H groups in total. The number of hydrazine groups is 1. The van der Waals surface area contributed by atoms with Crippen LogP contribution in [-0.4, -0.2) is 14.2 Å². The van der Waals surface area contributed by atoms with Crippen molar-refractivity contribution < 1.29 is 22.6 Å². The Bertz CT molecular complexity index is 605. The highest BCUT2D eigenvalue weighted by molar-refractivity contribution is 5.68. The van der Waals surface area contributed by atoms with Crippen molar-refractivity contribution in [3.63, 3.8) is 0 Å². The van der Waals surface area contributed by atoms with Gasteiger partial charge in [-0.05, 0) is 12.1 Å². The van der Waals surface area contributed by atoms with Crippen molar-refractivity contribution in [1.82, 2.24) is 0 Å². The minimum absolute atomic E-state index is 0.352. The van der Waals surface area contributed by atoms with Crippen LogP contribution in [0.2, 0.25) is 0 Å². The van der Waals surface area contributed by atoms with Gasteiger partial charge in [0.2, 0.25) is 0 Å². The summed E-state index contributed by atoms with van der Waals surface area (Å²) < 4.78 is 50.2. The van der Waals surface area contributed by atoms with E-state index in [1.54, 1.807) is 18.2 Å². The Balaban J connectivity index is 2.28. The summed E-state index contributed by atoms with van der Waals surface area (Å²) in [7, 11) is 2.89. The highest BCUT2D eigenvalue weighted by Gasteiger charge is 2.14. The molecule has 0 unspecified atom stereocenters. The van der Waals surface area contributed by atoms with Gasteiger partial charge in [-0.15, -0.1) is 0 Å². The molecule has 0 saturated carbocycles. The molecule has 0 aliphatic rings. The van der Waals surface area contributed by atoms with Crippen LogP contribution in [0.15, 0.2) is 30.3 Å². The number of anilines is 2. The summed E-state index contributed by atoms with van der Waals surface area (Å²) >= 11 is 0. The number of halogens is 3. The van der Waals surface area contributed by atoms with Crippen LogP contribution in [-0.2, 0) is 0 Å². The number of hydrogen-bond donors (Lipinski definition) is 2. The lowest BCUT2D eigenvalue weighted by molar-refractivity contribution is 0.398. The van der Waals surface area contributed by atoms with Crippen LogP contribution < -0.4 is 20.3 Å². The quantitative estimate of drug-likeness (QED) is 0.828. The van der Waals surface area contributed by atoms with E-state index in [1.807, 2.05) is 0 Å². The predicted molar refractivity (Wildman–Crippen MR) is 73.1 cm³/mol. The fraction of sp³-hybridized carbons (Fsp3) is 0.143. The van der Waals surface area contributed by atoms with Gasteiger partial charge in [-0.1, -0.05) is 6.07 Å². The van der Waals surface area contributed by atoms with Gasteiger partial charge in [-0.25, -0.2) is 13.2 Å². The molecule has 0 bridgehead atoms. The first-order valence-electron chi connectivity index (χ1n) is 5.94. The van der Waals surface area contributed by atoms with Crippen molar-refractivity contribution in [2.24, 2.45) is 0 Å². The maximum Gasteiger partial charge on any atom is 0.154 e. The Morgan fingerprint density at radius 2 is 1.29 bits per heavy atom. The average Bonchev–Trinajstić information content (AvgIpc) is 2.45. The summed E-state index contributed by atoms with van der Waals surface area (Å²) in [6, 6.07) is 6.13. The molecule has 0 amide bonds. The van der Waals surface area contributed by atoms with Crippen molar-refractivity contribution in [3.05, 3.63) is 47.8 Å². The van der Waals surface area contributed by atoms with E-state index in [9.17, 15) is 13.2 Å². The topological polar surface area (TPSA) is 42.5 Å². The van der Waals surface area contributed by atoms with Crippen LogP contribution in [0, 0.1) is 17.5 Å². The summed E-state index contributed by atoms with van der Waals surface area (Å²) in [5.74, 6) is -2.30. The van der Waals surface area contributed by atoms with Crippen LogP contribution >= 0.6 is 0 Å². The first-order valence-corrected chi connectivity index (χ1v) is 5.94. The Morgan fingerprint density at radius 3 is 1.76 bits per heavy atom. The zero-order valence-corrected chi connectivity index (χ0v) is 11.3. The predicted octanol–water partition coefficient (Wildman–Crippen LogP) is 3.56. The Labute approximate surface area is 119 Å². The van der Waals surface area contributed by atoms with E-state index in [-0.39, 0.29) is 0 Å². The summed E-state index contributed by atoms with van der Waals surface area (Å²) in [5.41, 5.74) is 4.79. The molecule has 0 aliphatic heterocycles.